The highest BCUT2D eigenvalue weighted by atomic mass is 16.5. The van der Waals surface area contributed by atoms with E-state index in [-0.39, 0.29) is 5.91 Å². The Bertz CT molecular complexity index is 909. The summed E-state index contributed by atoms with van der Waals surface area (Å²) in [7, 11) is 1.61. The first-order chi connectivity index (χ1) is 13.2. The van der Waals surface area contributed by atoms with Gasteiger partial charge in [-0.25, -0.2) is 0 Å². The number of amides is 1. The molecule has 0 aromatic heterocycles. The molecule has 140 valence electrons. The van der Waals surface area contributed by atoms with Crippen molar-refractivity contribution in [1.82, 2.24) is 5.32 Å². The summed E-state index contributed by atoms with van der Waals surface area (Å²) in [5.41, 5.74) is 0. The highest BCUT2D eigenvalue weighted by Crippen LogP contribution is 2.21. The standard InChI is InChI=1S/C22H23NO4/c1-16(27-21-11-10-17-6-3-4-7-18(17)14-21)22(24)23-12-13-26-20-9-5-8-19(15-20)25-2/h3-11,14-16H,12-13H2,1-2H3,(H,23,24). The van der Waals surface area contributed by atoms with Crippen molar-refractivity contribution >= 4 is 16.7 Å². The van der Waals surface area contributed by atoms with Crippen molar-refractivity contribution in [1.29, 1.82) is 0 Å². The molecule has 0 bridgehead atoms. The lowest BCUT2D eigenvalue weighted by atomic mass is 10.1. The molecule has 0 spiro atoms. The van der Waals surface area contributed by atoms with Crippen LogP contribution in [0.1, 0.15) is 6.92 Å². The molecule has 0 aliphatic carbocycles. The largest absolute Gasteiger partial charge is 0.497 e. The Hall–Kier alpha value is -3.21. The Balaban J connectivity index is 1.45. The van der Waals surface area contributed by atoms with E-state index in [1.54, 1.807) is 20.1 Å². The molecule has 1 unspecified atom stereocenters. The van der Waals surface area contributed by atoms with E-state index >= 15 is 0 Å². The Morgan fingerprint density at radius 2 is 1.70 bits per heavy atom. The van der Waals surface area contributed by atoms with E-state index in [1.165, 1.54) is 0 Å². The minimum Gasteiger partial charge on any atom is -0.497 e. The van der Waals surface area contributed by atoms with Crippen molar-refractivity contribution in [2.24, 2.45) is 0 Å². The summed E-state index contributed by atoms with van der Waals surface area (Å²) in [6.07, 6.45) is -0.594. The summed E-state index contributed by atoms with van der Waals surface area (Å²) in [6, 6.07) is 21.2. The maximum atomic E-state index is 12.2. The van der Waals surface area contributed by atoms with E-state index in [0.29, 0.717) is 24.7 Å². The molecule has 0 fully saturated rings. The van der Waals surface area contributed by atoms with Crippen molar-refractivity contribution in [3.63, 3.8) is 0 Å². The second-order valence-electron chi connectivity index (χ2n) is 6.09. The van der Waals surface area contributed by atoms with Gasteiger partial charge in [-0.05, 0) is 42.0 Å². The van der Waals surface area contributed by atoms with Gasteiger partial charge in [0.15, 0.2) is 6.10 Å². The van der Waals surface area contributed by atoms with Crippen LogP contribution in [0.3, 0.4) is 0 Å². The number of rotatable bonds is 8. The van der Waals surface area contributed by atoms with E-state index in [9.17, 15) is 4.79 Å². The molecule has 3 aromatic carbocycles. The molecular formula is C22H23NO4. The fraction of sp³-hybridized carbons (Fsp3) is 0.227. The van der Waals surface area contributed by atoms with Gasteiger partial charge in [-0.1, -0.05) is 36.4 Å². The maximum Gasteiger partial charge on any atom is 0.260 e. The molecule has 0 saturated heterocycles. The Morgan fingerprint density at radius 3 is 2.52 bits per heavy atom. The predicted molar refractivity (Wildman–Crippen MR) is 106 cm³/mol. The summed E-state index contributed by atoms with van der Waals surface area (Å²) < 4.78 is 16.5. The third-order valence-electron chi connectivity index (χ3n) is 4.11. The van der Waals surface area contributed by atoms with Crippen LogP contribution in [0.2, 0.25) is 0 Å². The van der Waals surface area contributed by atoms with Crippen LogP contribution in [0.15, 0.2) is 66.7 Å². The van der Waals surface area contributed by atoms with Gasteiger partial charge in [-0.2, -0.15) is 0 Å². The highest BCUT2D eigenvalue weighted by Gasteiger charge is 2.14. The highest BCUT2D eigenvalue weighted by molar-refractivity contribution is 5.84. The molecule has 0 radical (unpaired) electrons. The van der Waals surface area contributed by atoms with Gasteiger partial charge in [-0.3, -0.25) is 4.79 Å². The molecule has 5 heteroatoms. The molecule has 1 amide bonds. The fourth-order valence-corrected chi connectivity index (χ4v) is 2.68. The van der Waals surface area contributed by atoms with Crippen molar-refractivity contribution in [2.45, 2.75) is 13.0 Å². The number of fused-ring (bicyclic) bond motifs is 1. The lowest BCUT2D eigenvalue weighted by Gasteiger charge is -2.15. The molecule has 1 atom stereocenters. The smallest absolute Gasteiger partial charge is 0.260 e. The molecule has 0 aliphatic rings. The fourth-order valence-electron chi connectivity index (χ4n) is 2.68. The van der Waals surface area contributed by atoms with E-state index in [0.717, 1.165) is 16.5 Å². The molecule has 0 heterocycles. The average Bonchev–Trinajstić information content (AvgIpc) is 2.71. The molecule has 3 aromatic rings. The predicted octanol–water partition coefficient (Wildman–Crippen LogP) is 3.81. The summed E-state index contributed by atoms with van der Waals surface area (Å²) in [6.45, 7) is 2.48. The molecule has 1 N–H and O–H groups in total. The zero-order valence-electron chi connectivity index (χ0n) is 15.5. The van der Waals surface area contributed by atoms with Crippen LogP contribution in [0.25, 0.3) is 10.8 Å². The average molecular weight is 365 g/mol. The number of carbonyl (C=O) groups is 1. The second-order valence-corrected chi connectivity index (χ2v) is 6.09. The van der Waals surface area contributed by atoms with Crippen molar-refractivity contribution in [2.75, 3.05) is 20.3 Å². The number of ether oxygens (including phenoxy) is 3. The van der Waals surface area contributed by atoms with Crippen molar-refractivity contribution in [3.8, 4) is 17.2 Å². The number of hydrogen-bond donors (Lipinski definition) is 1. The first-order valence-corrected chi connectivity index (χ1v) is 8.86. The number of hydrogen-bond acceptors (Lipinski definition) is 4. The van der Waals surface area contributed by atoms with Crippen LogP contribution < -0.4 is 19.5 Å². The number of benzene rings is 3. The van der Waals surface area contributed by atoms with E-state index in [2.05, 4.69) is 5.32 Å². The van der Waals surface area contributed by atoms with Gasteiger partial charge in [0.2, 0.25) is 0 Å². The monoisotopic (exact) mass is 365 g/mol. The number of nitrogens with one attached hydrogen (secondary N) is 1. The van der Waals surface area contributed by atoms with Crippen LogP contribution in [0.4, 0.5) is 0 Å². The van der Waals surface area contributed by atoms with E-state index in [1.807, 2.05) is 60.7 Å². The SMILES string of the molecule is COc1cccc(OCCNC(=O)C(C)Oc2ccc3ccccc3c2)c1. The quantitative estimate of drug-likeness (QED) is 0.617. The van der Waals surface area contributed by atoms with Crippen LogP contribution >= 0.6 is 0 Å². The molecule has 27 heavy (non-hydrogen) atoms. The first-order valence-electron chi connectivity index (χ1n) is 8.86. The van der Waals surface area contributed by atoms with E-state index in [4.69, 9.17) is 14.2 Å². The molecule has 0 saturated carbocycles. The lowest BCUT2D eigenvalue weighted by Crippen LogP contribution is -2.38. The topological polar surface area (TPSA) is 56.8 Å². The van der Waals surface area contributed by atoms with Crippen LogP contribution in [0.5, 0.6) is 17.2 Å². The Labute approximate surface area is 158 Å². The molecule has 0 aliphatic heterocycles. The molecule has 3 rings (SSSR count). The molecular weight excluding hydrogens is 342 g/mol. The first kappa shape index (κ1) is 18.6. The Kier molecular flexibility index (Phi) is 6.15. The zero-order valence-corrected chi connectivity index (χ0v) is 15.5. The second kappa shape index (κ2) is 8.94. The third kappa shape index (κ3) is 5.14. The van der Waals surface area contributed by atoms with Gasteiger partial charge in [0.1, 0.15) is 23.9 Å². The normalized spacial score (nSPS) is 11.6. The van der Waals surface area contributed by atoms with Crippen LogP contribution in [0, 0.1) is 0 Å². The summed E-state index contributed by atoms with van der Waals surface area (Å²) in [4.78, 5) is 12.2. The third-order valence-corrected chi connectivity index (χ3v) is 4.11. The van der Waals surface area contributed by atoms with Crippen molar-refractivity contribution < 1.29 is 19.0 Å². The van der Waals surface area contributed by atoms with E-state index < -0.39 is 6.10 Å². The number of methoxy groups -OCH3 is 1. The van der Waals surface area contributed by atoms with Gasteiger partial charge in [0.25, 0.3) is 5.91 Å². The van der Waals surface area contributed by atoms with Gasteiger partial charge in [0, 0.05) is 6.07 Å². The van der Waals surface area contributed by atoms with Crippen LogP contribution in [-0.2, 0) is 4.79 Å². The minimum atomic E-state index is -0.594. The van der Waals surface area contributed by atoms with Gasteiger partial charge >= 0.3 is 0 Å². The van der Waals surface area contributed by atoms with Crippen LogP contribution in [-0.4, -0.2) is 32.3 Å². The minimum absolute atomic E-state index is 0.183. The summed E-state index contributed by atoms with van der Waals surface area (Å²) >= 11 is 0. The van der Waals surface area contributed by atoms with Gasteiger partial charge in [-0.15, -0.1) is 0 Å². The van der Waals surface area contributed by atoms with Gasteiger partial charge < -0.3 is 19.5 Å². The lowest BCUT2D eigenvalue weighted by molar-refractivity contribution is -0.127. The maximum absolute atomic E-state index is 12.2. The molecule has 5 nitrogen and oxygen atoms in total. The summed E-state index contributed by atoms with van der Waals surface area (Å²) in [5, 5.41) is 5.03. The van der Waals surface area contributed by atoms with Crippen molar-refractivity contribution in [3.05, 3.63) is 66.7 Å². The Morgan fingerprint density at radius 1 is 0.926 bits per heavy atom. The summed E-state index contributed by atoms with van der Waals surface area (Å²) in [5.74, 6) is 1.92. The van der Waals surface area contributed by atoms with Gasteiger partial charge in [0.05, 0.1) is 13.7 Å². The number of carbonyl (C=O) groups excluding carboxylic acids is 1. The zero-order chi connectivity index (χ0) is 19.1.